The van der Waals surface area contributed by atoms with Crippen LogP contribution in [-0.2, 0) is 14.3 Å². The van der Waals surface area contributed by atoms with Crippen LogP contribution in [0.25, 0.3) is 0 Å². The van der Waals surface area contributed by atoms with Gasteiger partial charge in [0, 0.05) is 8.07 Å². The zero-order valence-electron chi connectivity index (χ0n) is 18.0. The zero-order chi connectivity index (χ0) is 21.7. The van der Waals surface area contributed by atoms with Crippen LogP contribution in [0.3, 0.4) is 0 Å². The minimum atomic E-state index is -4.89. The summed E-state index contributed by atoms with van der Waals surface area (Å²) in [6.45, 7) is 9.31. The van der Waals surface area contributed by atoms with Gasteiger partial charge in [-0.3, -0.25) is 4.79 Å². The lowest BCUT2D eigenvalue weighted by Crippen LogP contribution is -2.48. The molecule has 0 spiro atoms. The SMILES string of the molecule is C[Si](C)(C)C.O=C(OC12CCCCC1OC(O)(C(F)(F)F)C2)C1CC2CCC1C2. The maximum Gasteiger partial charge on any atom is 0.443 e. The Morgan fingerprint density at radius 3 is 2.28 bits per heavy atom. The van der Waals surface area contributed by atoms with Crippen molar-refractivity contribution in [3.8, 4) is 0 Å². The van der Waals surface area contributed by atoms with E-state index in [-0.39, 0.29) is 11.9 Å². The first-order valence-corrected chi connectivity index (χ1v) is 14.9. The number of hydrogen-bond acceptors (Lipinski definition) is 4. The van der Waals surface area contributed by atoms with Crippen molar-refractivity contribution in [1.82, 2.24) is 0 Å². The second kappa shape index (κ2) is 7.82. The molecular formula is C21H35F3O4Si. The van der Waals surface area contributed by atoms with Gasteiger partial charge in [-0.05, 0) is 50.4 Å². The molecule has 0 aromatic heterocycles. The Morgan fingerprint density at radius 2 is 1.76 bits per heavy atom. The Kier molecular flexibility index (Phi) is 6.22. The molecule has 8 heteroatoms. The zero-order valence-corrected chi connectivity index (χ0v) is 19.0. The monoisotopic (exact) mass is 436 g/mol. The first-order chi connectivity index (χ1) is 13.2. The number of halogens is 3. The van der Waals surface area contributed by atoms with E-state index >= 15 is 0 Å². The minimum Gasteiger partial charge on any atom is -0.456 e. The van der Waals surface area contributed by atoms with Crippen LogP contribution in [0.4, 0.5) is 13.2 Å². The molecule has 1 aliphatic heterocycles. The van der Waals surface area contributed by atoms with E-state index in [1.54, 1.807) is 0 Å². The van der Waals surface area contributed by atoms with E-state index < -0.39 is 38.2 Å². The molecule has 2 bridgehead atoms. The van der Waals surface area contributed by atoms with Crippen LogP contribution in [0.5, 0.6) is 0 Å². The second-order valence-electron chi connectivity index (χ2n) is 11.1. The largest absolute Gasteiger partial charge is 0.456 e. The summed E-state index contributed by atoms with van der Waals surface area (Å²) in [7, 11) is -0.611. The van der Waals surface area contributed by atoms with Gasteiger partial charge in [-0.2, -0.15) is 13.2 Å². The molecule has 29 heavy (non-hydrogen) atoms. The fourth-order valence-corrected chi connectivity index (χ4v) is 5.36. The highest BCUT2D eigenvalue weighted by molar-refractivity contribution is 6.74. The van der Waals surface area contributed by atoms with Gasteiger partial charge in [-0.1, -0.05) is 39.0 Å². The number of ether oxygens (including phenoxy) is 2. The van der Waals surface area contributed by atoms with Crippen molar-refractivity contribution in [3.63, 3.8) is 0 Å². The van der Waals surface area contributed by atoms with Crippen molar-refractivity contribution >= 4 is 14.0 Å². The molecular weight excluding hydrogens is 401 g/mol. The molecule has 1 heterocycles. The lowest BCUT2D eigenvalue weighted by Gasteiger charge is -2.38. The van der Waals surface area contributed by atoms with E-state index in [2.05, 4.69) is 26.2 Å². The third-order valence-corrected chi connectivity index (χ3v) is 6.57. The van der Waals surface area contributed by atoms with Gasteiger partial charge in [0.1, 0.15) is 11.7 Å². The molecule has 4 fully saturated rings. The standard InChI is InChI=1S/C17H23F3O4.C4H12Si/c18-17(19,20)16(22)9-15(6-2-1-3-13(15)23-16)24-14(21)12-8-10-4-5-11(12)7-10;1-5(2,3)4/h10-13,22H,1-9H2;1-4H3. The lowest BCUT2D eigenvalue weighted by molar-refractivity contribution is -0.357. The van der Waals surface area contributed by atoms with Gasteiger partial charge >= 0.3 is 12.1 Å². The first-order valence-electron chi connectivity index (χ1n) is 10.9. The van der Waals surface area contributed by atoms with Crippen LogP contribution in [0.2, 0.25) is 26.2 Å². The Hall–Kier alpha value is -0.603. The summed E-state index contributed by atoms with van der Waals surface area (Å²) in [5.74, 6) is -2.93. The van der Waals surface area contributed by atoms with Gasteiger partial charge in [0.25, 0.3) is 5.79 Å². The first kappa shape index (κ1) is 23.1. The summed E-state index contributed by atoms with van der Waals surface area (Å²) in [4.78, 5) is 12.7. The fraction of sp³-hybridized carbons (Fsp3) is 0.952. The van der Waals surface area contributed by atoms with Gasteiger partial charge in [0.15, 0.2) is 0 Å². The van der Waals surface area contributed by atoms with Crippen molar-refractivity contribution in [3.05, 3.63) is 0 Å². The van der Waals surface area contributed by atoms with Crippen LogP contribution in [0, 0.1) is 17.8 Å². The molecule has 3 aliphatic carbocycles. The third-order valence-electron chi connectivity index (χ3n) is 6.57. The molecule has 6 unspecified atom stereocenters. The Labute approximate surface area is 172 Å². The molecule has 6 atom stereocenters. The quantitative estimate of drug-likeness (QED) is 0.473. The Morgan fingerprint density at radius 1 is 1.10 bits per heavy atom. The predicted molar refractivity (Wildman–Crippen MR) is 106 cm³/mol. The van der Waals surface area contributed by atoms with E-state index in [0.29, 0.717) is 37.5 Å². The van der Waals surface area contributed by atoms with Crippen molar-refractivity contribution in [2.45, 2.75) is 108 Å². The van der Waals surface area contributed by atoms with E-state index in [0.717, 1.165) is 25.7 Å². The van der Waals surface area contributed by atoms with Crippen LogP contribution in [0.1, 0.15) is 57.8 Å². The van der Waals surface area contributed by atoms with Gasteiger partial charge in [0.05, 0.1) is 12.3 Å². The summed E-state index contributed by atoms with van der Waals surface area (Å²) >= 11 is 0. The normalized spacial score (nSPS) is 41.5. The number of alkyl halides is 3. The topological polar surface area (TPSA) is 55.8 Å². The molecule has 1 saturated heterocycles. The molecule has 4 nitrogen and oxygen atoms in total. The number of carbonyl (C=O) groups is 1. The molecule has 0 amide bonds. The average molecular weight is 437 g/mol. The highest BCUT2D eigenvalue weighted by Gasteiger charge is 2.69. The van der Waals surface area contributed by atoms with Gasteiger partial charge in [-0.25, -0.2) is 0 Å². The van der Waals surface area contributed by atoms with E-state index in [4.69, 9.17) is 9.47 Å². The number of fused-ring (bicyclic) bond motifs is 3. The molecule has 4 aliphatic rings. The molecule has 168 valence electrons. The lowest BCUT2D eigenvalue weighted by atomic mass is 9.79. The summed E-state index contributed by atoms with van der Waals surface area (Å²) in [6.07, 6.45) is -0.428. The maximum absolute atomic E-state index is 13.2. The molecule has 0 aromatic carbocycles. The molecule has 3 saturated carbocycles. The number of aliphatic hydroxyl groups is 1. The molecule has 1 N–H and O–H groups in total. The highest BCUT2D eigenvalue weighted by Crippen LogP contribution is 2.54. The van der Waals surface area contributed by atoms with Crippen molar-refractivity contribution in [2.75, 3.05) is 0 Å². The smallest absolute Gasteiger partial charge is 0.443 e. The van der Waals surface area contributed by atoms with Crippen molar-refractivity contribution in [1.29, 1.82) is 0 Å². The average Bonchev–Trinajstić information content (AvgIpc) is 3.24. The summed E-state index contributed by atoms with van der Waals surface area (Å²) < 4.78 is 50.3. The van der Waals surface area contributed by atoms with E-state index in [1.165, 1.54) is 0 Å². The molecule has 4 rings (SSSR count). The van der Waals surface area contributed by atoms with Gasteiger partial charge < -0.3 is 14.6 Å². The maximum atomic E-state index is 13.2. The summed E-state index contributed by atoms with van der Waals surface area (Å²) in [6, 6.07) is 0. The Balaban J connectivity index is 0.000000431. The van der Waals surface area contributed by atoms with Gasteiger partial charge in [-0.15, -0.1) is 0 Å². The number of esters is 1. The fourth-order valence-electron chi connectivity index (χ4n) is 5.36. The number of rotatable bonds is 2. The van der Waals surface area contributed by atoms with Crippen LogP contribution in [0.15, 0.2) is 0 Å². The second-order valence-corrected chi connectivity index (χ2v) is 17.1. The van der Waals surface area contributed by atoms with Crippen LogP contribution in [-0.4, -0.2) is 42.8 Å². The van der Waals surface area contributed by atoms with Crippen LogP contribution >= 0.6 is 0 Å². The highest BCUT2D eigenvalue weighted by atomic mass is 28.3. The third kappa shape index (κ3) is 5.01. The number of carbonyl (C=O) groups excluding carboxylic acids is 1. The summed E-state index contributed by atoms with van der Waals surface area (Å²) in [5.41, 5.74) is -1.33. The minimum absolute atomic E-state index is 0.194. The molecule has 0 aromatic rings. The van der Waals surface area contributed by atoms with Crippen molar-refractivity contribution in [2.24, 2.45) is 17.8 Å². The molecule has 0 radical (unpaired) electrons. The Bertz CT molecular complexity index is 614. The van der Waals surface area contributed by atoms with E-state index in [9.17, 15) is 23.1 Å². The van der Waals surface area contributed by atoms with E-state index in [1.807, 2.05) is 0 Å². The number of hydrogen-bond donors (Lipinski definition) is 1. The van der Waals surface area contributed by atoms with Gasteiger partial charge in [0.2, 0.25) is 0 Å². The van der Waals surface area contributed by atoms with Crippen molar-refractivity contribution < 1.29 is 32.5 Å². The summed E-state index contributed by atoms with van der Waals surface area (Å²) in [5, 5.41) is 9.97. The van der Waals surface area contributed by atoms with Crippen LogP contribution < -0.4 is 0 Å². The predicted octanol–water partition coefficient (Wildman–Crippen LogP) is 5.27.